The number of hydrogen-bond donors (Lipinski definition) is 2. The van der Waals surface area contributed by atoms with Gasteiger partial charge in [-0.25, -0.2) is 9.59 Å². The molecule has 2 N–H and O–H groups in total. The Bertz CT molecular complexity index is 746. The topological polar surface area (TPSA) is 120 Å². The Morgan fingerprint density at radius 1 is 1.00 bits per heavy atom. The highest BCUT2D eigenvalue weighted by Gasteiger charge is 2.25. The van der Waals surface area contributed by atoms with E-state index in [1.807, 2.05) is 0 Å². The van der Waals surface area contributed by atoms with Crippen LogP contribution in [0.4, 0.5) is 9.59 Å². The van der Waals surface area contributed by atoms with Gasteiger partial charge in [0.1, 0.15) is 11.2 Å². The predicted molar refractivity (Wildman–Crippen MR) is 104 cm³/mol. The van der Waals surface area contributed by atoms with Crippen molar-refractivity contribution in [2.45, 2.75) is 65.2 Å². The second-order valence-electron chi connectivity index (χ2n) is 8.27. The zero-order valence-corrected chi connectivity index (χ0v) is 17.8. The first-order valence-corrected chi connectivity index (χ1v) is 9.00. The molecular formula is C20H29NO8. The number of amides is 1. The molecule has 0 fully saturated rings. The van der Waals surface area contributed by atoms with Gasteiger partial charge >= 0.3 is 18.2 Å². The second kappa shape index (κ2) is 9.49. The normalized spacial score (nSPS) is 12.5. The quantitative estimate of drug-likeness (QED) is 0.531. The van der Waals surface area contributed by atoms with E-state index in [-0.39, 0.29) is 11.5 Å². The minimum Gasteiger partial charge on any atom is -0.493 e. The van der Waals surface area contributed by atoms with Crippen LogP contribution in [0.3, 0.4) is 0 Å². The first-order chi connectivity index (χ1) is 13.2. The third-order valence-corrected chi connectivity index (χ3v) is 3.24. The van der Waals surface area contributed by atoms with Gasteiger partial charge in [0.25, 0.3) is 0 Å². The number of carboxylic acid groups (broad SMARTS) is 1. The molecule has 0 aliphatic heterocycles. The second-order valence-corrected chi connectivity index (χ2v) is 8.27. The van der Waals surface area contributed by atoms with Crippen LogP contribution in [-0.2, 0) is 14.3 Å². The summed E-state index contributed by atoms with van der Waals surface area (Å²) in [5.41, 5.74) is -1.12. The maximum absolute atomic E-state index is 12.1. The average Bonchev–Trinajstić information content (AvgIpc) is 2.50. The minimum atomic E-state index is -1.13. The number of aliphatic carboxylic acids is 1. The van der Waals surface area contributed by atoms with E-state index in [2.05, 4.69) is 5.32 Å². The Morgan fingerprint density at radius 2 is 1.59 bits per heavy atom. The largest absolute Gasteiger partial charge is 0.514 e. The van der Waals surface area contributed by atoms with E-state index in [9.17, 15) is 19.5 Å². The molecule has 1 aromatic carbocycles. The summed E-state index contributed by atoms with van der Waals surface area (Å²) in [5.74, 6) is -0.858. The van der Waals surface area contributed by atoms with Crippen molar-refractivity contribution in [2.24, 2.45) is 0 Å². The number of nitrogens with one attached hydrogen (secondary N) is 1. The Hall–Kier alpha value is -2.97. The molecule has 0 saturated carbocycles. The highest BCUT2D eigenvalue weighted by atomic mass is 16.7. The molecule has 1 aromatic rings. The van der Waals surface area contributed by atoms with Gasteiger partial charge < -0.3 is 29.4 Å². The summed E-state index contributed by atoms with van der Waals surface area (Å²) in [4.78, 5) is 35.4. The van der Waals surface area contributed by atoms with Gasteiger partial charge in [-0.3, -0.25) is 4.79 Å². The highest BCUT2D eigenvalue weighted by Crippen LogP contribution is 2.32. The number of carbonyl (C=O) groups is 3. The van der Waals surface area contributed by atoms with Gasteiger partial charge in [0.15, 0.2) is 11.5 Å². The molecule has 0 aliphatic rings. The third kappa shape index (κ3) is 9.18. The van der Waals surface area contributed by atoms with Crippen molar-refractivity contribution in [1.29, 1.82) is 0 Å². The van der Waals surface area contributed by atoms with Crippen molar-refractivity contribution in [3.63, 3.8) is 0 Å². The lowest BCUT2D eigenvalue weighted by Crippen LogP contribution is -2.35. The molecule has 0 aliphatic carbocycles. The van der Waals surface area contributed by atoms with Crippen molar-refractivity contribution in [2.75, 3.05) is 7.11 Å². The number of carboxylic acids is 1. The summed E-state index contributed by atoms with van der Waals surface area (Å²) >= 11 is 0. The van der Waals surface area contributed by atoms with Gasteiger partial charge in [-0.05, 0) is 59.2 Å². The van der Waals surface area contributed by atoms with Gasteiger partial charge in [-0.1, -0.05) is 6.07 Å². The summed E-state index contributed by atoms with van der Waals surface area (Å²) in [7, 11) is 1.39. The van der Waals surface area contributed by atoms with Crippen molar-refractivity contribution in [1.82, 2.24) is 5.32 Å². The minimum absolute atomic E-state index is 0.0284. The summed E-state index contributed by atoms with van der Waals surface area (Å²) in [6, 6.07) is 3.55. The van der Waals surface area contributed by atoms with E-state index in [1.54, 1.807) is 47.6 Å². The van der Waals surface area contributed by atoms with Crippen molar-refractivity contribution < 1.29 is 38.4 Å². The molecule has 0 heterocycles. The summed E-state index contributed by atoms with van der Waals surface area (Å²) < 4.78 is 20.7. The molecule has 9 nitrogen and oxygen atoms in total. The molecule has 1 amide bonds. The van der Waals surface area contributed by atoms with Crippen molar-refractivity contribution in [3.8, 4) is 11.5 Å². The molecule has 1 rings (SSSR count). The number of hydrogen-bond acceptors (Lipinski definition) is 7. The molecule has 0 bridgehead atoms. The van der Waals surface area contributed by atoms with Crippen LogP contribution in [0.15, 0.2) is 18.2 Å². The molecule has 0 unspecified atom stereocenters. The fraction of sp³-hybridized carbons (Fsp3) is 0.550. The lowest BCUT2D eigenvalue weighted by Gasteiger charge is -2.24. The molecule has 0 spiro atoms. The van der Waals surface area contributed by atoms with Crippen LogP contribution < -0.4 is 14.8 Å². The first kappa shape index (κ1) is 24.1. The van der Waals surface area contributed by atoms with Crippen LogP contribution in [0.5, 0.6) is 11.5 Å². The lowest BCUT2D eigenvalue weighted by atomic mass is 10.0. The highest BCUT2D eigenvalue weighted by molar-refractivity contribution is 5.72. The van der Waals surface area contributed by atoms with Gasteiger partial charge in [0, 0.05) is 0 Å². The SMILES string of the molecule is COc1ccc([C@H](CC(=O)O)NC(=O)OC(C)(C)C)cc1OC(=O)OC(C)(C)C. The molecular weight excluding hydrogens is 382 g/mol. The molecule has 162 valence electrons. The van der Waals surface area contributed by atoms with E-state index in [0.29, 0.717) is 5.56 Å². The van der Waals surface area contributed by atoms with Crippen LogP contribution in [0.2, 0.25) is 0 Å². The standard InChI is InChI=1S/C20H29NO8/c1-19(2,3)28-17(24)21-13(11-16(22)23)12-8-9-14(26-7)15(10-12)27-18(25)29-20(4,5)6/h8-10,13H,11H2,1-7H3,(H,21,24)(H,22,23)/t13-/m0/s1. The summed E-state index contributed by atoms with van der Waals surface area (Å²) in [6.07, 6.45) is -2.12. The van der Waals surface area contributed by atoms with Crippen molar-refractivity contribution in [3.05, 3.63) is 23.8 Å². The molecule has 29 heavy (non-hydrogen) atoms. The van der Waals surface area contributed by atoms with Gasteiger partial charge in [0.05, 0.1) is 19.6 Å². The average molecular weight is 411 g/mol. The van der Waals surface area contributed by atoms with E-state index in [4.69, 9.17) is 18.9 Å². The third-order valence-electron chi connectivity index (χ3n) is 3.24. The number of ether oxygens (including phenoxy) is 4. The molecule has 0 aromatic heterocycles. The van der Waals surface area contributed by atoms with Crippen molar-refractivity contribution >= 4 is 18.2 Å². The van der Waals surface area contributed by atoms with Crippen LogP contribution in [0.25, 0.3) is 0 Å². The summed E-state index contributed by atoms with van der Waals surface area (Å²) in [5, 5.41) is 11.7. The summed E-state index contributed by atoms with van der Waals surface area (Å²) in [6.45, 7) is 10.2. The number of alkyl carbamates (subject to hydrolysis) is 1. The Kier molecular flexibility index (Phi) is 7.87. The smallest absolute Gasteiger partial charge is 0.493 e. The van der Waals surface area contributed by atoms with E-state index in [1.165, 1.54) is 19.2 Å². The van der Waals surface area contributed by atoms with Crippen LogP contribution in [0.1, 0.15) is 59.6 Å². The number of methoxy groups -OCH3 is 1. The maximum Gasteiger partial charge on any atom is 0.514 e. The monoisotopic (exact) mass is 411 g/mol. The number of rotatable bonds is 6. The zero-order valence-electron chi connectivity index (χ0n) is 17.8. The van der Waals surface area contributed by atoms with Gasteiger partial charge in [-0.2, -0.15) is 0 Å². The van der Waals surface area contributed by atoms with Crippen LogP contribution >= 0.6 is 0 Å². The number of benzene rings is 1. The van der Waals surface area contributed by atoms with E-state index < -0.39 is 41.9 Å². The molecule has 0 saturated heterocycles. The van der Waals surface area contributed by atoms with Crippen LogP contribution in [0, 0.1) is 0 Å². The Labute approximate surface area is 170 Å². The molecule has 1 atom stereocenters. The fourth-order valence-corrected chi connectivity index (χ4v) is 2.23. The first-order valence-electron chi connectivity index (χ1n) is 9.00. The van der Waals surface area contributed by atoms with E-state index >= 15 is 0 Å². The Balaban J connectivity index is 3.14. The van der Waals surface area contributed by atoms with E-state index in [0.717, 1.165) is 0 Å². The Morgan fingerprint density at radius 3 is 2.07 bits per heavy atom. The van der Waals surface area contributed by atoms with Crippen LogP contribution in [-0.4, -0.2) is 41.6 Å². The number of carbonyl (C=O) groups excluding carboxylic acids is 2. The lowest BCUT2D eigenvalue weighted by molar-refractivity contribution is -0.137. The molecule has 0 radical (unpaired) electrons. The maximum atomic E-state index is 12.1. The molecule has 9 heteroatoms. The van der Waals surface area contributed by atoms with Gasteiger partial charge in [-0.15, -0.1) is 0 Å². The zero-order chi connectivity index (χ0) is 22.4. The fourth-order valence-electron chi connectivity index (χ4n) is 2.23. The predicted octanol–water partition coefficient (Wildman–Crippen LogP) is 4.05. The van der Waals surface area contributed by atoms with Gasteiger partial charge in [0.2, 0.25) is 0 Å².